The third kappa shape index (κ3) is 5.23. The summed E-state index contributed by atoms with van der Waals surface area (Å²) in [6.07, 6.45) is 2.18. The molecule has 0 aromatic heterocycles. The van der Waals surface area contributed by atoms with E-state index in [0.717, 1.165) is 17.7 Å². The van der Waals surface area contributed by atoms with Crippen molar-refractivity contribution in [2.24, 2.45) is 0 Å². The molecule has 1 atom stereocenters. The Bertz CT molecular complexity index is 927. The number of nitrogens with one attached hydrogen (secondary N) is 1. The van der Waals surface area contributed by atoms with Gasteiger partial charge in [-0.05, 0) is 31.0 Å². The van der Waals surface area contributed by atoms with Crippen LogP contribution >= 0.6 is 11.8 Å². The zero-order valence-corrected chi connectivity index (χ0v) is 18.9. The molecule has 0 spiro atoms. The molecular weight excluding hydrogens is 442 g/mol. The number of ether oxygens (including phenoxy) is 2. The van der Waals surface area contributed by atoms with E-state index < -0.39 is 10.0 Å². The van der Waals surface area contributed by atoms with Crippen LogP contribution in [0, 0.1) is 0 Å². The number of benzene rings is 1. The fourth-order valence-corrected chi connectivity index (χ4v) is 6.26. The minimum atomic E-state index is -3.71. The predicted molar refractivity (Wildman–Crippen MR) is 116 cm³/mol. The number of carbonyl (C=O) groups excluding carboxylic acids is 2. The molecule has 4 rings (SSSR count). The monoisotopic (exact) mass is 469 g/mol. The van der Waals surface area contributed by atoms with E-state index in [0.29, 0.717) is 50.9 Å². The van der Waals surface area contributed by atoms with Crippen LogP contribution in [0.2, 0.25) is 0 Å². The van der Waals surface area contributed by atoms with E-state index in [-0.39, 0.29) is 35.8 Å². The molecule has 31 heavy (non-hydrogen) atoms. The summed E-state index contributed by atoms with van der Waals surface area (Å²) in [6.45, 7) is 2.26. The Kier molecular flexibility index (Phi) is 7.17. The van der Waals surface area contributed by atoms with E-state index >= 15 is 0 Å². The zero-order chi connectivity index (χ0) is 21.8. The number of sulfonamides is 1. The first-order chi connectivity index (χ1) is 14.9. The van der Waals surface area contributed by atoms with Crippen molar-refractivity contribution >= 4 is 39.3 Å². The van der Waals surface area contributed by atoms with Crippen LogP contribution in [0.5, 0.6) is 0 Å². The van der Waals surface area contributed by atoms with Crippen molar-refractivity contribution < 1.29 is 27.5 Å². The van der Waals surface area contributed by atoms with Gasteiger partial charge < -0.3 is 19.7 Å². The minimum absolute atomic E-state index is 0.0110. The van der Waals surface area contributed by atoms with Crippen LogP contribution in [-0.4, -0.2) is 82.4 Å². The quantitative estimate of drug-likeness (QED) is 0.658. The van der Waals surface area contributed by atoms with Gasteiger partial charge in [-0.15, -0.1) is 11.8 Å². The van der Waals surface area contributed by atoms with Crippen LogP contribution in [-0.2, 0) is 29.1 Å². The van der Waals surface area contributed by atoms with E-state index in [1.165, 1.54) is 27.0 Å². The molecule has 11 heteroatoms. The van der Waals surface area contributed by atoms with Gasteiger partial charge in [-0.25, -0.2) is 8.42 Å². The van der Waals surface area contributed by atoms with E-state index in [1.807, 2.05) is 0 Å². The molecule has 1 N–H and O–H groups in total. The summed E-state index contributed by atoms with van der Waals surface area (Å²) in [5, 5.41) is 2.84. The van der Waals surface area contributed by atoms with Crippen molar-refractivity contribution in [2.45, 2.75) is 35.2 Å². The van der Waals surface area contributed by atoms with Gasteiger partial charge in [-0.3, -0.25) is 9.59 Å². The number of morpholine rings is 1. The number of rotatable bonds is 6. The molecular formula is C20H27N3O6S2. The van der Waals surface area contributed by atoms with Gasteiger partial charge >= 0.3 is 0 Å². The molecule has 2 saturated heterocycles. The highest BCUT2D eigenvalue weighted by Gasteiger charge is 2.30. The van der Waals surface area contributed by atoms with Crippen molar-refractivity contribution in [1.82, 2.24) is 9.62 Å². The van der Waals surface area contributed by atoms with Crippen molar-refractivity contribution in [2.75, 3.05) is 56.7 Å². The lowest BCUT2D eigenvalue weighted by atomic mass is 10.2. The average molecular weight is 470 g/mol. The Hall–Kier alpha value is -1.66. The summed E-state index contributed by atoms with van der Waals surface area (Å²) in [5.74, 6) is 0.0951. The van der Waals surface area contributed by atoms with E-state index in [2.05, 4.69) is 5.32 Å². The zero-order valence-electron chi connectivity index (χ0n) is 17.2. The van der Waals surface area contributed by atoms with Gasteiger partial charge in [0.2, 0.25) is 21.8 Å². The molecule has 0 aliphatic carbocycles. The summed E-state index contributed by atoms with van der Waals surface area (Å²) in [6, 6.07) is 4.81. The first kappa shape index (κ1) is 22.5. The maximum absolute atomic E-state index is 13.1. The number of fused-ring (bicyclic) bond motifs is 1. The number of amides is 2. The number of anilines is 1. The highest BCUT2D eigenvalue weighted by atomic mass is 32.2. The molecule has 0 unspecified atom stereocenters. The van der Waals surface area contributed by atoms with Crippen LogP contribution in [0.3, 0.4) is 0 Å². The second-order valence-electron chi connectivity index (χ2n) is 7.66. The molecule has 9 nitrogen and oxygen atoms in total. The van der Waals surface area contributed by atoms with Crippen LogP contribution in [0.1, 0.15) is 19.3 Å². The van der Waals surface area contributed by atoms with Gasteiger partial charge in [0.05, 0.1) is 29.9 Å². The van der Waals surface area contributed by atoms with Crippen LogP contribution in [0.15, 0.2) is 28.0 Å². The molecule has 0 radical (unpaired) electrons. The first-order valence-electron chi connectivity index (χ1n) is 10.5. The average Bonchev–Trinajstić information content (AvgIpc) is 3.25. The SMILES string of the molecule is O=C(CN1C(=O)CCSc2ccc(S(=O)(=O)N3CCOCC3)cc21)NC[C@H]1CCCO1. The van der Waals surface area contributed by atoms with Crippen LogP contribution < -0.4 is 10.2 Å². The first-order valence-corrected chi connectivity index (χ1v) is 12.9. The topological polar surface area (TPSA) is 105 Å². The van der Waals surface area contributed by atoms with Gasteiger partial charge in [-0.2, -0.15) is 4.31 Å². The van der Waals surface area contributed by atoms with Gasteiger partial charge in [0.15, 0.2) is 0 Å². The molecule has 3 aliphatic heterocycles. The van der Waals surface area contributed by atoms with Crippen molar-refractivity contribution in [3.05, 3.63) is 18.2 Å². The van der Waals surface area contributed by atoms with Gasteiger partial charge in [-0.1, -0.05) is 0 Å². The molecule has 170 valence electrons. The van der Waals surface area contributed by atoms with Crippen molar-refractivity contribution in [1.29, 1.82) is 0 Å². The normalized spacial score (nSPS) is 22.8. The van der Waals surface area contributed by atoms with Crippen molar-refractivity contribution in [3.63, 3.8) is 0 Å². The number of thioether (sulfide) groups is 1. The maximum Gasteiger partial charge on any atom is 0.243 e. The summed E-state index contributed by atoms with van der Waals surface area (Å²) in [7, 11) is -3.71. The molecule has 3 heterocycles. The second kappa shape index (κ2) is 9.86. The largest absolute Gasteiger partial charge is 0.379 e. The number of nitrogens with zero attached hydrogens (tertiary/aromatic N) is 2. The third-order valence-electron chi connectivity index (χ3n) is 5.56. The number of carbonyl (C=O) groups is 2. The lowest BCUT2D eigenvalue weighted by molar-refractivity contribution is -0.124. The van der Waals surface area contributed by atoms with Gasteiger partial charge in [0.1, 0.15) is 6.54 Å². The molecule has 3 aliphatic rings. The molecule has 1 aromatic rings. The molecule has 0 saturated carbocycles. The van der Waals surface area contributed by atoms with E-state index in [9.17, 15) is 18.0 Å². The van der Waals surface area contributed by atoms with Gasteiger partial charge in [0.25, 0.3) is 0 Å². The summed E-state index contributed by atoms with van der Waals surface area (Å²) in [5.41, 5.74) is 0.467. The Labute approximate surface area is 186 Å². The Balaban J connectivity index is 1.55. The van der Waals surface area contributed by atoms with E-state index in [4.69, 9.17) is 9.47 Å². The highest BCUT2D eigenvalue weighted by Crippen LogP contribution is 2.36. The molecule has 1 aromatic carbocycles. The maximum atomic E-state index is 13.1. The third-order valence-corrected chi connectivity index (χ3v) is 8.52. The van der Waals surface area contributed by atoms with E-state index in [1.54, 1.807) is 12.1 Å². The Morgan fingerprint density at radius 3 is 2.77 bits per heavy atom. The lowest BCUT2D eigenvalue weighted by Crippen LogP contribution is -2.43. The number of hydrogen-bond donors (Lipinski definition) is 1. The fourth-order valence-electron chi connectivity index (χ4n) is 3.85. The van der Waals surface area contributed by atoms with Crippen molar-refractivity contribution in [3.8, 4) is 0 Å². The molecule has 2 amide bonds. The minimum Gasteiger partial charge on any atom is -0.379 e. The Morgan fingerprint density at radius 1 is 1.23 bits per heavy atom. The summed E-state index contributed by atoms with van der Waals surface area (Å²) < 4.78 is 38.3. The fraction of sp³-hybridized carbons (Fsp3) is 0.600. The predicted octanol–water partition coefficient (Wildman–Crippen LogP) is 0.832. The molecule has 2 fully saturated rings. The molecule has 0 bridgehead atoms. The summed E-state index contributed by atoms with van der Waals surface area (Å²) >= 11 is 1.49. The lowest BCUT2D eigenvalue weighted by Gasteiger charge is -2.27. The summed E-state index contributed by atoms with van der Waals surface area (Å²) in [4.78, 5) is 27.6. The second-order valence-corrected chi connectivity index (χ2v) is 10.7. The Morgan fingerprint density at radius 2 is 2.03 bits per heavy atom. The van der Waals surface area contributed by atoms with Crippen LogP contribution in [0.25, 0.3) is 0 Å². The number of hydrogen-bond acceptors (Lipinski definition) is 7. The van der Waals surface area contributed by atoms with Gasteiger partial charge in [0, 0.05) is 43.3 Å². The van der Waals surface area contributed by atoms with Crippen LogP contribution in [0.4, 0.5) is 5.69 Å². The highest BCUT2D eigenvalue weighted by molar-refractivity contribution is 7.99. The smallest absolute Gasteiger partial charge is 0.243 e. The standard InChI is InChI=1S/C20H27N3O6S2/c24-19(21-13-15-2-1-8-29-15)14-23-17-12-16(3-4-18(17)30-11-5-20(23)25)31(26,27)22-6-9-28-10-7-22/h3-4,12,15H,1-2,5-11,13-14H2,(H,21,24)/t15-/m1/s1.